The van der Waals surface area contributed by atoms with Gasteiger partial charge in [0.1, 0.15) is 0 Å². The van der Waals surface area contributed by atoms with Crippen LogP contribution in [0.25, 0.3) is 0 Å². The van der Waals surface area contributed by atoms with Crippen molar-refractivity contribution in [2.75, 3.05) is 26.8 Å². The number of ether oxygens (including phenoxy) is 1. The van der Waals surface area contributed by atoms with Gasteiger partial charge in [0.25, 0.3) is 0 Å². The molecule has 0 N–H and O–H groups in total. The quantitative estimate of drug-likeness (QED) is 0.838. The largest absolute Gasteiger partial charge is 0.381 e. The van der Waals surface area contributed by atoms with Crippen LogP contribution < -0.4 is 0 Å². The summed E-state index contributed by atoms with van der Waals surface area (Å²) in [6.07, 6.45) is 1.86. The summed E-state index contributed by atoms with van der Waals surface area (Å²) < 4.78 is 31.4. The zero-order chi connectivity index (χ0) is 14.6. The van der Waals surface area contributed by atoms with Gasteiger partial charge in [-0.25, -0.2) is 12.7 Å². The molecule has 1 fully saturated rings. The molecule has 6 heteroatoms. The summed E-state index contributed by atoms with van der Waals surface area (Å²) in [6, 6.07) is 6.93. The van der Waals surface area contributed by atoms with E-state index in [1.54, 1.807) is 31.3 Å². The fourth-order valence-corrected chi connectivity index (χ4v) is 3.71. The number of hydrogen-bond donors (Lipinski definition) is 0. The molecule has 0 atom stereocenters. The molecule has 0 saturated carbocycles. The smallest absolute Gasteiger partial charge is 0.218 e. The molecule has 1 aliphatic rings. The van der Waals surface area contributed by atoms with Crippen molar-refractivity contribution in [3.05, 3.63) is 34.9 Å². The Morgan fingerprint density at radius 1 is 1.25 bits per heavy atom. The Hall–Kier alpha value is -0.620. The van der Waals surface area contributed by atoms with Crippen LogP contribution in [0.15, 0.2) is 24.3 Å². The summed E-state index contributed by atoms with van der Waals surface area (Å²) in [5.74, 6) is 0.415. The molecular weight excluding hydrogens is 298 g/mol. The molecule has 2 rings (SSSR count). The summed E-state index contributed by atoms with van der Waals surface area (Å²) in [4.78, 5) is 0. The Balaban J connectivity index is 1.96. The predicted octanol–water partition coefficient (Wildman–Crippen LogP) is 2.53. The molecule has 4 nitrogen and oxygen atoms in total. The summed E-state index contributed by atoms with van der Waals surface area (Å²) in [7, 11) is -1.62. The highest BCUT2D eigenvalue weighted by Crippen LogP contribution is 2.19. The third-order valence-electron chi connectivity index (χ3n) is 3.59. The summed E-state index contributed by atoms with van der Waals surface area (Å²) in [5.41, 5.74) is 0.758. The van der Waals surface area contributed by atoms with Crippen LogP contribution >= 0.6 is 11.6 Å². The average Bonchev–Trinajstić information content (AvgIpc) is 2.42. The van der Waals surface area contributed by atoms with Gasteiger partial charge in [0.15, 0.2) is 0 Å². The monoisotopic (exact) mass is 317 g/mol. The van der Waals surface area contributed by atoms with Gasteiger partial charge >= 0.3 is 0 Å². The lowest BCUT2D eigenvalue weighted by molar-refractivity contribution is 0.0620. The van der Waals surface area contributed by atoms with Gasteiger partial charge < -0.3 is 4.74 Å². The minimum atomic E-state index is -3.28. The second-order valence-electron chi connectivity index (χ2n) is 5.22. The van der Waals surface area contributed by atoms with Gasteiger partial charge in [-0.1, -0.05) is 23.7 Å². The first-order valence-electron chi connectivity index (χ1n) is 6.73. The van der Waals surface area contributed by atoms with Crippen LogP contribution in [-0.4, -0.2) is 39.5 Å². The average molecular weight is 318 g/mol. The van der Waals surface area contributed by atoms with Gasteiger partial charge in [-0.05, 0) is 36.5 Å². The van der Waals surface area contributed by atoms with Crippen LogP contribution in [0.3, 0.4) is 0 Å². The normalized spacial score (nSPS) is 17.6. The van der Waals surface area contributed by atoms with E-state index in [0.29, 0.717) is 17.5 Å². The Bertz CT molecular complexity index is 524. The van der Waals surface area contributed by atoms with Crippen molar-refractivity contribution in [1.82, 2.24) is 4.31 Å². The highest BCUT2D eigenvalue weighted by molar-refractivity contribution is 7.88. The fraction of sp³-hybridized carbons (Fsp3) is 0.571. The number of nitrogens with zero attached hydrogens (tertiary/aromatic N) is 1. The molecule has 0 aliphatic carbocycles. The Morgan fingerprint density at radius 3 is 2.45 bits per heavy atom. The Labute approximate surface area is 125 Å². The zero-order valence-corrected chi connectivity index (χ0v) is 13.2. The van der Waals surface area contributed by atoms with Crippen molar-refractivity contribution < 1.29 is 13.2 Å². The minimum Gasteiger partial charge on any atom is -0.381 e. The van der Waals surface area contributed by atoms with E-state index in [1.165, 1.54) is 4.31 Å². The fourth-order valence-electron chi connectivity index (χ4n) is 2.31. The van der Waals surface area contributed by atoms with E-state index >= 15 is 0 Å². The number of sulfonamides is 1. The summed E-state index contributed by atoms with van der Waals surface area (Å²) in [6.45, 7) is 2.03. The highest BCUT2D eigenvalue weighted by atomic mass is 35.5. The maximum Gasteiger partial charge on any atom is 0.218 e. The van der Waals surface area contributed by atoms with Crippen LogP contribution in [0.2, 0.25) is 5.02 Å². The standard InChI is InChI=1S/C14H20ClNO3S/c1-16(10-12-6-8-19-9-7-12)20(17,18)11-13-2-4-14(15)5-3-13/h2-5,12H,6-11H2,1H3. The molecule has 0 aromatic heterocycles. The second kappa shape index (κ2) is 6.89. The molecule has 0 radical (unpaired) electrons. The van der Waals surface area contributed by atoms with Crippen molar-refractivity contribution in [2.24, 2.45) is 5.92 Å². The third-order valence-corrected chi connectivity index (χ3v) is 5.64. The third kappa shape index (κ3) is 4.45. The molecule has 1 heterocycles. The van der Waals surface area contributed by atoms with Crippen molar-refractivity contribution in [3.8, 4) is 0 Å². The van der Waals surface area contributed by atoms with Crippen LogP contribution in [0.5, 0.6) is 0 Å². The van der Waals surface area contributed by atoms with Crippen LogP contribution in [-0.2, 0) is 20.5 Å². The first-order chi connectivity index (χ1) is 9.47. The van der Waals surface area contributed by atoms with Gasteiger partial charge in [-0.3, -0.25) is 0 Å². The number of halogens is 1. The van der Waals surface area contributed by atoms with Crippen LogP contribution in [0.1, 0.15) is 18.4 Å². The SMILES string of the molecule is CN(CC1CCOCC1)S(=O)(=O)Cc1ccc(Cl)cc1. The molecular formula is C14H20ClNO3S. The second-order valence-corrected chi connectivity index (χ2v) is 7.73. The van der Waals surface area contributed by atoms with Crippen molar-refractivity contribution in [1.29, 1.82) is 0 Å². The molecule has 1 aliphatic heterocycles. The van der Waals surface area contributed by atoms with Crippen molar-refractivity contribution in [2.45, 2.75) is 18.6 Å². The molecule has 112 valence electrons. The van der Waals surface area contributed by atoms with E-state index in [1.807, 2.05) is 0 Å². The molecule has 0 amide bonds. The van der Waals surface area contributed by atoms with E-state index in [-0.39, 0.29) is 5.75 Å². The first kappa shape index (κ1) is 15.8. The molecule has 1 aromatic carbocycles. The molecule has 0 spiro atoms. The van der Waals surface area contributed by atoms with E-state index in [2.05, 4.69) is 0 Å². The van der Waals surface area contributed by atoms with E-state index < -0.39 is 10.0 Å². The van der Waals surface area contributed by atoms with Gasteiger partial charge in [0.2, 0.25) is 10.0 Å². The molecule has 0 unspecified atom stereocenters. The van der Waals surface area contributed by atoms with Gasteiger partial charge in [-0.2, -0.15) is 0 Å². The molecule has 1 aromatic rings. The minimum absolute atomic E-state index is 0.0177. The maximum absolute atomic E-state index is 12.3. The number of rotatable bonds is 5. The van der Waals surface area contributed by atoms with E-state index in [4.69, 9.17) is 16.3 Å². The zero-order valence-electron chi connectivity index (χ0n) is 11.6. The highest BCUT2D eigenvalue weighted by Gasteiger charge is 2.23. The number of benzene rings is 1. The molecule has 1 saturated heterocycles. The topological polar surface area (TPSA) is 46.6 Å². The van der Waals surface area contributed by atoms with Crippen molar-refractivity contribution in [3.63, 3.8) is 0 Å². The summed E-state index contributed by atoms with van der Waals surface area (Å²) in [5, 5.41) is 0.613. The predicted molar refractivity (Wildman–Crippen MR) is 80.2 cm³/mol. The van der Waals surface area contributed by atoms with Crippen LogP contribution in [0, 0.1) is 5.92 Å². The Morgan fingerprint density at radius 2 is 1.85 bits per heavy atom. The lowest BCUT2D eigenvalue weighted by Gasteiger charge is -2.26. The van der Waals surface area contributed by atoms with Gasteiger partial charge in [-0.15, -0.1) is 0 Å². The Kier molecular flexibility index (Phi) is 5.43. The summed E-state index contributed by atoms with van der Waals surface area (Å²) >= 11 is 5.80. The maximum atomic E-state index is 12.3. The first-order valence-corrected chi connectivity index (χ1v) is 8.72. The van der Waals surface area contributed by atoms with E-state index in [9.17, 15) is 8.42 Å². The number of hydrogen-bond acceptors (Lipinski definition) is 3. The van der Waals surface area contributed by atoms with Crippen molar-refractivity contribution >= 4 is 21.6 Å². The van der Waals surface area contributed by atoms with Crippen LogP contribution in [0.4, 0.5) is 0 Å². The molecule has 0 bridgehead atoms. The van der Waals surface area contributed by atoms with Gasteiger partial charge in [0.05, 0.1) is 5.75 Å². The lowest BCUT2D eigenvalue weighted by atomic mass is 10.0. The van der Waals surface area contributed by atoms with Gasteiger partial charge in [0, 0.05) is 31.8 Å². The lowest BCUT2D eigenvalue weighted by Crippen LogP contribution is -2.34. The van der Waals surface area contributed by atoms with E-state index in [0.717, 1.165) is 31.6 Å². The molecule has 20 heavy (non-hydrogen) atoms.